The molecule has 0 rings (SSSR count). The lowest BCUT2D eigenvalue weighted by Gasteiger charge is -2.22. The summed E-state index contributed by atoms with van der Waals surface area (Å²) in [6.07, 6.45) is 80.4. The lowest BCUT2D eigenvalue weighted by atomic mass is 10.0. The molecule has 3 N–H and O–H groups in total. The molecule has 0 fully saturated rings. The van der Waals surface area contributed by atoms with Gasteiger partial charge in [0.2, 0.25) is 5.91 Å². The van der Waals surface area contributed by atoms with Crippen LogP contribution in [0.5, 0.6) is 0 Å². The zero-order valence-corrected chi connectivity index (χ0v) is 49.8. The molecule has 2 unspecified atom stereocenters. The lowest BCUT2D eigenvalue weighted by molar-refractivity contribution is -0.143. The van der Waals surface area contributed by atoms with Crippen LogP contribution in [0.3, 0.4) is 0 Å². The van der Waals surface area contributed by atoms with Crippen molar-refractivity contribution in [3.63, 3.8) is 0 Å². The number of nitrogens with one attached hydrogen (secondary N) is 1. The monoisotopic (exact) mass is 1040 g/mol. The number of allylic oxidation sites excluding steroid dienone is 5. The molecule has 0 aliphatic carbocycles. The topological polar surface area (TPSA) is 95.9 Å². The quantitative estimate of drug-likeness (QED) is 0.0320. The highest BCUT2D eigenvalue weighted by Gasteiger charge is 2.20. The second-order valence-corrected chi connectivity index (χ2v) is 22.8. The van der Waals surface area contributed by atoms with E-state index in [-0.39, 0.29) is 18.5 Å². The summed E-state index contributed by atoms with van der Waals surface area (Å²) in [5.41, 5.74) is 0. The van der Waals surface area contributed by atoms with Gasteiger partial charge in [0.25, 0.3) is 0 Å². The van der Waals surface area contributed by atoms with Gasteiger partial charge in [-0.15, -0.1) is 0 Å². The molecule has 0 heterocycles. The minimum Gasteiger partial charge on any atom is -0.465 e. The molecule has 6 nitrogen and oxygen atoms in total. The molecular weight excluding hydrogens is 911 g/mol. The minimum absolute atomic E-state index is 0.0363. The van der Waals surface area contributed by atoms with Gasteiger partial charge in [-0.05, 0) is 70.6 Å². The highest BCUT2D eigenvalue weighted by molar-refractivity contribution is 5.76. The fourth-order valence-electron chi connectivity index (χ4n) is 10.4. The molecule has 2 atom stereocenters. The third-order valence-electron chi connectivity index (χ3n) is 15.4. The number of amides is 1. The molecule has 436 valence electrons. The summed E-state index contributed by atoms with van der Waals surface area (Å²) >= 11 is 0. The van der Waals surface area contributed by atoms with E-state index in [9.17, 15) is 19.8 Å². The number of carbonyl (C=O) groups is 2. The summed E-state index contributed by atoms with van der Waals surface area (Å²) in [4.78, 5) is 24.5. The Morgan fingerprint density at radius 3 is 1.05 bits per heavy atom. The number of carbonyl (C=O) groups excluding carboxylic acids is 2. The van der Waals surface area contributed by atoms with Crippen molar-refractivity contribution in [3.8, 4) is 0 Å². The third-order valence-corrected chi connectivity index (χ3v) is 15.4. The van der Waals surface area contributed by atoms with E-state index in [2.05, 4.69) is 55.6 Å². The molecule has 1 amide bonds. The summed E-state index contributed by atoms with van der Waals surface area (Å²) < 4.78 is 5.41. The maximum absolute atomic E-state index is 12.5. The van der Waals surface area contributed by atoms with E-state index in [1.807, 2.05) is 0 Å². The van der Waals surface area contributed by atoms with Crippen molar-refractivity contribution in [3.05, 3.63) is 36.5 Å². The molecule has 0 radical (unpaired) electrons. The molecule has 0 aliphatic rings. The Bertz CT molecular complexity index is 1200. The van der Waals surface area contributed by atoms with E-state index in [4.69, 9.17) is 4.74 Å². The molecule has 74 heavy (non-hydrogen) atoms. The molecule has 0 aromatic carbocycles. The first-order chi connectivity index (χ1) is 36.5. The summed E-state index contributed by atoms with van der Waals surface area (Å²) in [7, 11) is 0. The lowest BCUT2D eigenvalue weighted by Crippen LogP contribution is -2.45. The van der Waals surface area contributed by atoms with Crippen LogP contribution >= 0.6 is 0 Å². The van der Waals surface area contributed by atoms with Crippen LogP contribution in [0.1, 0.15) is 361 Å². The van der Waals surface area contributed by atoms with Gasteiger partial charge >= 0.3 is 5.97 Å². The maximum Gasteiger partial charge on any atom is 0.305 e. The fraction of sp³-hybridized carbons (Fsp3) is 0.882. The summed E-state index contributed by atoms with van der Waals surface area (Å²) in [6, 6.07) is -0.547. The predicted molar refractivity (Wildman–Crippen MR) is 324 cm³/mol. The fourth-order valence-corrected chi connectivity index (χ4v) is 10.4. The van der Waals surface area contributed by atoms with Crippen LogP contribution in [-0.2, 0) is 14.3 Å². The Labute approximate surface area is 462 Å². The van der Waals surface area contributed by atoms with Gasteiger partial charge in [0, 0.05) is 12.8 Å². The van der Waals surface area contributed by atoms with Crippen LogP contribution in [0.25, 0.3) is 0 Å². The first-order valence-corrected chi connectivity index (χ1v) is 33.2. The van der Waals surface area contributed by atoms with Crippen molar-refractivity contribution in [2.24, 2.45) is 0 Å². The first-order valence-electron chi connectivity index (χ1n) is 33.2. The number of unbranched alkanes of at least 4 members (excludes halogenated alkanes) is 45. The summed E-state index contributed by atoms with van der Waals surface area (Å²) in [6.45, 7) is 4.85. The SMILES string of the molecule is CCCCCC/C=C\CCCCCCCC(=O)OCC/C=C\C/C=C\CCCCCCCCCCCCCCCCC(=O)NC(CO)C(O)CCCCCCCCCCCCCCCCCCCCCCCCC. The number of hydrogen-bond donors (Lipinski definition) is 3. The van der Waals surface area contributed by atoms with Crippen molar-refractivity contribution in [2.75, 3.05) is 13.2 Å². The highest BCUT2D eigenvalue weighted by atomic mass is 16.5. The molecule has 0 aliphatic heterocycles. The van der Waals surface area contributed by atoms with Gasteiger partial charge < -0.3 is 20.3 Å². The van der Waals surface area contributed by atoms with Crippen LogP contribution < -0.4 is 5.32 Å². The Morgan fingerprint density at radius 1 is 0.378 bits per heavy atom. The molecule has 0 saturated carbocycles. The largest absolute Gasteiger partial charge is 0.465 e. The molecular formula is C68H129NO5. The van der Waals surface area contributed by atoms with Crippen molar-refractivity contribution in [2.45, 2.75) is 373 Å². The second kappa shape index (κ2) is 63.6. The number of esters is 1. The zero-order chi connectivity index (χ0) is 53.6. The van der Waals surface area contributed by atoms with E-state index >= 15 is 0 Å². The van der Waals surface area contributed by atoms with E-state index in [0.29, 0.717) is 25.9 Å². The second-order valence-electron chi connectivity index (χ2n) is 22.8. The van der Waals surface area contributed by atoms with E-state index < -0.39 is 12.1 Å². The van der Waals surface area contributed by atoms with Crippen LogP contribution in [0, 0.1) is 0 Å². The van der Waals surface area contributed by atoms with Gasteiger partial charge in [0.1, 0.15) is 0 Å². The van der Waals surface area contributed by atoms with E-state index in [0.717, 1.165) is 51.4 Å². The molecule has 0 bridgehead atoms. The van der Waals surface area contributed by atoms with E-state index in [1.54, 1.807) is 0 Å². The predicted octanol–water partition coefficient (Wildman–Crippen LogP) is 21.1. The molecule has 0 aromatic heterocycles. The van der Waals surface area contributed by atoms with Gasteiger partial charge in [-0.1, -0.05) is 314 Å². The Kier molecular flexibility index (Phi) is 62.0. The van der Waals surface area contributed by atoms with Crippen LogP contribution in [0.2, 0.25) is 0 Å². The van der Waals surface area contributed by atoms with Gasteiger partial charge in [-0.25, -0.2) is 0 Å². The maximum atomic E-state index is 12.5. The van der Waals surface area contributed by atoms with Crippen molar-refractivity contribution in [1.29, 1.82) is 0 Å². The van der Waals surface area contributed by atoms with Gasteiger partial charge in [0.05, 0.1) is 25.4 Å². The van der Waals surface area contributed by atoms with Crippen molar-refractivity contribution < 1.29 is 24.5 Å². The smallest absolute Gasteiger partial charge is 0.305 e. The Hall–Kier alpha value is -1.92. The zero-order valence-electron chi connectivity index (χ0n) is 49.8. The number of rotatable bonds is 62. The van der Waals surface area contributed by atoms with Crippen LogP contribution in [-0.4, -0.2) is 47.4 Å². The van der Waals surface area contributed by atoms with E-state index in [1.165, 1.54) is 276 Å². The minimum atomic E-state index is -0.670. The van der Waals surface area contributed by atoms with Gasteiger partial charge in [-0.3, -0.25) is 9.59 Å². The average molecular weight is 1040 g/mol. The molecule has 0 spiro atoms. The van der Waals surface area contributed by atoms with Gasteiger partial charge in [-0.2, -0.15) is 0 Å². The van der Waals surface area contributed by atoms with Gasteiger partial charge in [0.15, 0.2) is 0 Å². The Morgan fingerprint density at radius 2 is 0.676 bits per heavy atom. The normalized spacial score (nSPS) is 12.8. The average Bonchev–Trinajstić information content (AvgIpc) is 3.40. The number of hydrogen-bond acceptors (Lipinski definition) is 5. The number of aliphatic hydroxyl groups excluding tert-OH is 2. The molecule has 0 aromatic rings. The number of aliphatic hydroxyl groups is 2. The Balaban J connectivity index is 3.45. The summed E-state index contributed by atoms with van der Waals surface area (Å²) in [5.74, 6) is -0.0802. The molecule has 6 heteroatoms. The molecule has 0 saturated heterocycles. The first kappa shape index (κ1) is 72.1. The number of ether oxygens (including phenoxy) is 1. The summed E-state index contributed by atoms with van der Waals surface area (Å²) in [5, 5.41) is 23.4. The third kappa shape index (κ3) is 59.3. The van der Waals surface area contributed by atoms with Crippen LogP contribution in [0.15, 0.2) is 36.5 Å². The van der Waals surface area contributed by atoms with Crippen LogP contribution in [0.4, 0.5) is 0 Å². The highest BCUT2D eigenvalue weighted by Crippen LogP contribution is 2.18. The standard InChI is InChI=1S/C68H129NO5/c1-3-5-7-9-11-13-15-17-18-19-20-21-22-24-27-30-33-37-40-44-48-52-56-60-66(71)65(64-70)69-67(72)61-57-53-49-45-41-38-34-31-28-25-23-26-29-32-35-39-43-47-51-55-59-63-74-68(73)62-58-54-50-46-42-36-16-14-12-10-8-6-4-2/h14,16,39,43,51,55,65-66,70-71H,3-13,15,17-38,40-42,44-50,52-54,56-64H2,1-2H3,(H,69,72)/b16-14-,43-39-,55-51-. The van der Waals surface area contributed by atoms with Crippen molar-refractivity contribution in [1.82, 2.24) is 5.32 Å². The van der Waals surface area contributed by atoms with Crippen molar-refractivity contribution >= 4 is 11.9 Å².